The van der Waals surface area contributed by atoms with E-state index in [9.17, 15) is 0 Å². The van der Waals surface area contributed by atoms with Crippen LogP contribution in [0.1, 0.15) is 5.56 Å². The Kier molecular flexibility index (Phi) is 4.15. The van der Waals surface area contributed by atoms with Crippen molar-refractivity contribution in [2.45, 2.75) is 6.54 Å². The number of hydrogen-bond acceptors (Lipinski definition) is 3. The third-order valence-electron chi connectivity index (χ3n) is 1.66. The molecule has 0 aromatic heterocycles. The molecular formula is C9H13N3OS. The fraction of sp³-hybridized carbons (Fsp3) is 0.222. The molecule has 1 rings (SSSR count). The lowest BCUT2D eigenvalue weighted by Gasteiger charge is -2.06. The first-order chi connectivity index (χ1) is 6.72. The van der Waals surface area contributed by atoms with Crippen molar-refractivity contribution in [3.8, 4) is 5.75 Å². The third-order valence-corrected chi connectivity index (χ3v) is 1.77. The highest BCUT2D eigenvalue weighted by atomic mass is 32.1. The predicted octanol–water partition coefficient (Wildman–Crippen LogP) is 0.533. The fourth-order valence-corrected chi connectivity index (χ4v) is 1.05. The van der Waals surface area contributed by atoms with Crippen molar-refractivity contribution < 1.29 is 4.74 Å². The number of methoxy groups -OCH3 is 1. The van der Waals surface area contributed by atoms with Gasteiger partial charge in [0.2, 0.25) is 0 Å². The number of nitrogens with one attached hydrogen (secondary N) is 2. The van der Waals surface area contributed by atoms with Crippen LogP contribution in [0.3, 0.4) is 0 Å². The lowest BCUT2D eigenvalue weighted by Crippen LogP contribution is -2.40. The Balaban J connectivity index is 2.40. The smallest absolute Gasteiger partial charge is 0.178 e. The molecule has 4 N–H and O–H groups in total. The second-order valence-corrected chi connectivity index (χ2v) is 3.13. The van der Waals surface area contributed by atoms with Crippen LogP contribution in [0.4, 0.5) is 0 Å². The second kappa shape index (κ2) is 5.41. The maximum Gasteiger partial charge on any atom is 0.178 e. The normalized spacial score (nSPS) is 9.50. The maximum atomic E-state index is 5.24. The molecule has 14 heavy (non-hydrogen) atoms. The summed E-state index contributed by atoms with van der Waals surface area (Å²) in [6.45, 7) is 0.654. The van der Waals surface area contributed by atoms with Crippen molar-refractivity contribution >= 4 is 17.3 Å². The lowest BCUT2D eigenvalue weighted by molar-refractivity contribution is 0.414. The van der Waals surface area contributed by atoms with Gasteiger partial charge in [0.05, 0.1) is 7.11 Å². The van der Waals surface area contributed by atoms with E-state index in [1.165, 1.54) is 0 Å². The molecule has 0 spiro atoms. The number of hydrogen-bond donors (Lipinski definition) is 3. The molecule has 0 heterocycles. The minimum absolute atomic E-state index is 0.235. The van der Waals surface area contributed by atoms with Gasteiger partial charge in [0.15, 0.2) is 5.11 Å². The van der Waals surface area contributed by atoms with Crippen LogP contribution in [0.25, 0.3) is 0 Å². The van der Waals surface area contributed by atoms with E-state index in [2.05, 4.69) is 23.1 Å². The number of hydrazine groups is 1. The van der Waals surface area contributed by atoms with E-state index < -0.39 is 0 Å². The van der Waals surface area contributed by atoms with Gasteiger partial charge in [-0.25, -0.2) is 5.43 Å². The highest BCUT2D eigenvalue weighted by Crippen LogP contribution is 2.10. The number of rotatable bonds is 4. The van der Waals surface area contributed by atoms with E-state index >= 15 is 0 Å². The first-order valence-electron chi connectivity index (χ1n) is 4.13. The highest BCUT2D eigenvalue weighted by molar-refractivity contribution is 7.80. The van der Waals surface area contributed by atoms with E-state index in [0.717, 1.165) is 11.3 Å². The van der Waals surface area contributed by atoms with E-state index in [1.807, 2.05) is 24.3 Å². The molecule has 0 saturated carbocycles. The molecule has 0 amide bonds. The van der Waals surface area contributed by atoms with Crippen LogP contribution in [-0.2, 0) is 6.54 Å². The van der Waals surface area contributed by atoms with Gasteiger partial charge in [-0.1, -0.05) is 12.1 Å². The average Bonchev–Trinajstić information content (AvgIpc) is 2.18. The topological polar surface area (TPSA) is 59.3 Å². The maximum absolute atomic E-state index is 5.24. The Labute approximate surface area is 88.4 Å². The van der Waals surface area contributed by atoms with Gasteiger partial charge in [-0.15, -0.1) is 0 Å². The minimum Gasteiger partial charge on any atom is -0.497 e. The molecule has 0 aliphatic rings. The summed E-state index contributed by atoms with van der Waals surface area (Å²) in [5.41, 5.74) is 11.9. The van der Waals surface area contributed by atoms with Crippen LogP contribution in [0.5, 0.6) is 5.75 Å². The summed E-state index contributed by atoms with van der Waals surface area (Å²) in [6.07, 6.45) is 0. The van der Waals surface area contributed by atoms with Gasteiger partial charge in [-0.05, 0) is 29.9 Å². The first-order valence-corrected chi connectivity index (χ1v) is 4.54. The van der Waals surface area contributed by atoms with Crippen molar-refractivity contribution in [3.63, 3.8) is 0 Å². The van der Waals surface area contributed by atoms with Crippen molar-refractivity contribution in [3.05, 3.63) is 29.8 Å². The van der Waals surface area contributed by atoms with Crippen LogP contribution in [0, 0.1) is 0 Å². The zero-order chi connectivity index (χ0) is 10.4. The van der Waals surface area contributed by atoms with Gasteiger partial charge >= 0.3 is 0 Å². The molecule has 0 aliphatic heterocycles. The van der Waals surface area contributed by atoms with E-state index in [0.29, 0.717) is 6.54 Å². The van der Waals surface area contributed by atoms with Crippen LogP contribution in [-0.4, -0.2) is 12.2 Å². The molecular weight excluding hydrogens is 198 g/mol. The lowest BCUT2D eigenvalue weighted by atomic mass is 10.2. The van der Waals surface area contributed by atoms with Gasteiger partial charge in [0.25, 0.3) is 0 Å². The van der Waals surface area contributed by atoms with Crippen molar-refractivity contribution in [1.82, 2.24) is 10.9 Å². The van der Waals surface area contributed by atoms with Crippen molar-refractivity contribution in [1.29, 1.82) is 0 Å². The molecule has 0 bridgehead atoms. The molecule has 0 saturated heterocycles. The molecule has 0 unspecified atom stereocenters. The Morgan fingerprint density at radius 3 is 2.57 bits per heavy atom. The number of ether oxygens (including phenoxy) is 1. The molecule has 76 valence electrons. The summed E-state index contributed by atoms with van der Waals surface area (Å²) < 4.78 is 5.04. The number of nitrogens with two attached hydrogens (primary N) is 1. The summed E-state index contributed by atoms with van der Waals surface area (Å²) in [7, 11) is 1.64. The molecule has 0 atom stereocenters. The molecule has 0 aliphatic carbocycles. The van der Waals surface area contributed by atoms with E-state index in [4.69, 9.17) is 10.5 Å². The standard InChI is InChI=1S/C9H13N3OS/c1-13-8-4-2-7(3-5-8)6-11-12-9(10)14/h2-5,11H,6H2,1H3,(H3,10,12,14). The Bertz CT molecular complexity index is 299. The third kappa shape index (κ3) is 3.59. The largest absolute Gasteiger partial charge is 0.497 e. The zero-order valence-corrected chi connectivity index (χ0v) is 8.73. The van der Waals surface area contributed by atoms with E-state index in [-0.39, 0.29) is 5.11 Å². The van der Waals surface area contributed by atoms with E-state index in [1.54, 1.807) is 7.11 Å². The summed E-state index contributed by atoms with van der Waals surface area (Å²) in [5.74, 6) is 0.844. The van der Waals surface area contributed by atoms with Crippen LogP contribution in [0.15, 0.2) is 24.3 Å². The van der Waals surface area contributed by atoms with Gasteiger partial charge in [0.1, 0.15) is 5.75 Å². The quantitative estimate of drug-likeness (QED) is 0.501. The van der Waals surface area contributed by atoms with Crippen LogP contribution in [0.2, 0.25) is 0 Å². The zero-order valence-electron chi connectivity index (χ0n) is 7.91. The minimum atomic E-state index is 0.235. The van der Waals surface area contributed by atoms with Crippen LogP contribution < -0.4 is 21.3 Å². The summed E-state index contributed by atoms with van der Waals surface area (Å²) in [6, 6.07) is 7.73. The van der Waals surface area contributed by atoms with Crippen molar-refractivity contribution in [2.75, 3.05) is 7.11 Å². The van der Waals surface area contributed by atoms with Gasteiger partial charge in [-0.3, -0.25) is 5.43 Å². The predicted molar refractivity (Wildman–Crippen MR) is 59.8 cm³/mol. The average molecular weight is 211 g/mol. The van der Waals surface area contributed by atoms with Gasteiger partial charge < -0.3 is 10.5 Å². The molecule has 1 aromatic carbocycles. The Morgan fingerprint density at radius 1 is 1.43 bits per heavy atom. The van der Waals surface area contributed by atoms with Crippen molar-refractivity contribution in [2.24, 2.45) is 5.73 Å². The molecule has 1 aromatic rings. The number of benzene rings is 1. The second-order valence-electron chi connectivity index (χ2n) is 2.69. The molecule has 4 nitrogen and oxygen atoms in total. The monoisotopic (exact) mass is 211 g/mol. The fourth-order valence-electron chi connectivity index (χ4n) is 0.977. The van der Waals surface area contributed by atoms with Gasteiger partial charge in [0, 0.05) is 6.54 Å². The summed E-state index contributed by atoms with van der Waals surface area (Å²) >= 11 is 4.63. The summed E-state index contributed by atoms with van der Waals surface area (Å²) in [4.78, 5) is 0. The SMILES string of the molecule is COc1ccc(CNNC(N)=S)cc1. The Hall–Kier alpha value is -1.33. The first kappa shape index (κ1) is 10.7. The Morgan fingerprint density at radius 2 is 2.07 bits per heavy atom. The van der Waals surface area contributed by atoms with Gasteiger partial charge in [-0.2, -0.15) is 0 Å². The molecule has 0 fully saturated rings. The molecule has 0 radical (unpaired) electrons. The summed E-state index contributed by atoms with van der Waals surface area (Å²) in [5, 5.41) is 0.235. The molecule has 5 heteroatoms. The van der Waals surface area contributed by atoms with Crippen LogP contribution >= 0.6 is 12.2 Å². The number of thiocarbonyl (C=S) groups is 1. The highest BCUT2D eigenvalue weighted by Gasteiger charge is 1.93.